The Labute approximate surface area is 120 Å². The first-order chi connectivity index (χ1) is 9.63. The molecule has 0 aliphatic rings. The minimum Gasteiger partial charge on any atom is -0.396 e. The Kier molecular flexibility index (Phi) is 4.44. The molecule has 0 saturated carbocycles. The van der Waals surface area contributed by atoms with Gasteiger partial charge in [-0.1, -0.05) is 0 Å². The smallest absolute Gasteiger partial charge is 0.147 e. The van der Waals surface area contributed by atoms with Crippen molar-refractivity contribution >= 4 is 28.6 Å². The lowest BCUT2D eigenvalue weighted by Gasteiger charge is -2.13. The number of nitrogens with two attached hydrogens (primary N) is 1. The monoisotopic (exact) mass is 293 g/mol. The molecule has 0 spiro atoms. The highest BCUT2D eigenvalue weighted by atomic mass is 32.2. The number of aromatic nitrogens is 3. The molecule has 2 heterocycles. The maximum absolute atomic E-state index is 9.89. The number of fused-ring (bicyclic) bond motifs is 1. The molecule has 0 aromatic carbocycles. The maximum atomic E-state index is 9.89. The van der Waals surface area contributed by atoms with E-state index in [4.69, 9.17) is 10.8 Å². The highest BCUT2D eigenvalue weighted by Crippen LogP contribution is 2.33. The fourth-order valence-corrected chi connectivity index (χ4v) is 2.84. The number of nitriles is 1. The molecule has 0 amide bonds. The Hall–Kier alpha value is -1.82. The van der Waals surface area contributed by atoms with Gasteiger partial charge in [-0.2, -0.15) is 5.26 Å². The second-order valence-electron chi connectivity index (χ2n) is 4.23. The van der Waals surface area contributed by atoms with Crippen LogP contribution in [0, 0.1) is 11.3 Å². The van der Waals surface area contributed by atoms with Crippen LogP contribution in [-0.2, 0) is 6.54 Å². The molecule has 106 valence electrons. The van der Waals surface area contributed by atoms with E-state index in [0.29, 0.717) is 21.6 Å². The van der Waals surface area contributed by atoms with E-state index >= 15 is 0 Å². The summed E-state index contributed by atoms with van der Waals surface area (Å²) in [5.41, 5.74) is 6.77. The van der Waals surface area contributed by atoms with Crippen LogP contribution in [0.1, 0.15) is 12.0 Å². The Morgan fingerprint density at radius 2 is 2.30 bits per heavy atom. The van der Waals surface area contributed by atoms with E-state index in [0.717, 1.165) is 0 Å². The van der Waals surface area contributed by atoms with Gasteiger partial charge in [0, 0.05) is 6.61 Å². The van der Waals surface area contributed by atoms with Gasteiger partial charge < -0.3 is 20.5 Å². The van der Waals surface area contributed by atoms with Crippen LogP contribution in [0.5, 0.6) is 0 Å². The summed E-state index contributed by atoms with van der Waals surface area (Å²) in [6.45, 7) is 0.141. The van der Waals surface area contributed by atoms with Gasteiger partial charge in [0.1, 0.15) is 23.9 Å². The molecule has 20 heavy (non-hydrogen) atoms. The van der Waals surface area contributed by atoms with E-state index in [9.17, 15) is 10.4 Å². The fourth-order valence-electron chi connectivity index (χ4n) is 2.11. The summed E-state index contributed by atoms with van der Waals surface area (Å²) in [7, 11) is 0. The SMILES string of the molecule is CSc1c(C#N)c2c(N)ncnc2n1C[C@@H](O)CCO. The van der Waals surface area contributed by atoms with Crippen LogP contribution >= 0.6 is 11.8 Å². The van der Waals surface area contributed by atoms with Crippen LogP contribution < -0.4 is 5.73 Å². The van der Waals surface area contributed by atoms with Crippen LogP contribution in [0.15, 0.2) is 11.4 Å². The zero-order valence-corrected chi connectivity index (χ0v) is 11.8. The van der Waals surface area contributed by atoms with Crippen molar-refractivity contribution in [1.82, 2.24) is 14.5 Å². The van der Waals surface area contributed by atoms with E-state index in [1.54, 1.807) is 4.57 Å². The molecule has 0 aliphatic carbocycles. The van der Waals surface area contributed by atoms with Gasteiger partial charge in [-0.25, -0.2) is 9.97 Å². The van der Waals surface area contributed by atoms with Crippen molar-refractivity contribution in [3.63, 3.8) is 0 Å². The summed E-state index contributed by atoms with van der Waals surface area (Å²) in [6, 6.07) is 2.12. The normalized spacial score (nSPS) is 12.5. The van der Waals surface area contributed by atoms with E-state index in [-0.39, 0.29) is 25.4 Å². The molecular weight excluding hydrogens is 278 g/mol. The van der Waals surface area contributed by atoms with Gasteiger partial charge in [0.05, 0.1) is 28.6 Å². The highest BCUT2D eigenvalue weighted by molar-refractivity contribution is 7.98. The molecule has 1 atom stereocenters. The summed E-state index contributed by atoms with van der Waals surface area (Å²) in [5, 5.41) is 29.3. The summed E-state index contributed by atoms with van der Waals surface area (Å²) in [4.78, 5) is 8.08. The van der Waals surface area contributed by atoms with Gasteiger partial charge in [0.25, 0.3) is 0 Å². The second kappa shape index (κ2) is 6.09. The molecule has 0 bridgehead atoms. The average Bonchev–Trinajstić information content (AvgIpc) is 2.73. The minimum absolute atomic E-state index is 0.100. The van der Waals surface area contributed by atoms with E-state index in [1.165, 1.54) is 18.1 Å². The lowest BCUT2D eigenvalue weighted by molar-refractivity contribution is 0.116. The minimum atomic E-state index is -0.718. The Morgan fingerprint density at radius 3 is 2.90 bits per heavy atom. The van der Waals surface area contributed by atoms with Gasteiger partial charge in [0.15, 0.2) is 0 Å². The molecule has 0 saturated heterocycles. The zero-order chi connectivity index (χ0) is 14.7. The van der Waals surface area contributed by atoms with Gasteiger partial charge in [-0.3, -0.25) is 0 Å². The lowest BCUT2D eigenvalue weighted by Crippen LogP contribution is -2.18. The van der Waals surface area contributed by atoms with E-state index < -0.39 is 6.10 Å². The number of aliphatic hydroxyl groups is 2. The van der Waals surface area contributed by atoms with Gasteiger partial charge in [-0.05, 0) is 12.7 Å². The third-order valence-corrected chi connectivity index (χ3v) is 3.79. The third kappa shape index (κ3) is 2.43. The first-order valence-corrected chi connectivity index (χ1v) is 7.22. The predicted octanol–water partition coefficient (Wildman–Crippen LogP) is 0.350. The molecule has 2 aromatic heterocycles. The number of aliphatic hydroxyl groups excluding tert-OH is 2. The quantitative estimate of drug-likeness (QED) is 0.680. The Balaban J connectivity index is 2.64. The van der Waals surface area contributed by atoms with Crippen molar-refractivity contribution in [1.29, 1.82) is 5.26 Å². The van der Waals surface area contributed by atoms with Crippen molar-refractivity contribution in [2.75, 3.05) is 18.6 Å². The molecule has 2 aromatic rings. The summed E-state index contributed by atoms with van der Waals surface area (Å²) < 4.78 is 1.75. The third-order valence-electron chi connectivity index (χ3n) is 2.98. The van der Waals surface area contributed by atoms with E-state index in [1.807, 2.05) is 6.26 Å². The number of nitrogen functional groups attached to an aromatic ring is 1. The van der Waals surface area contributed by atoms with Crippen molar-refractivity contribution in [3.8, 4) is 6.07 Å². The van der Waals surface area contributed by atoms with Gasteiger partial charge in [0.2, 0.25) is 0 Å². The lowest BCUT2D eigenvalue weighted by atomic mass is 10.2. The second-order valence-corrected chi connectivity index (χ2v) is 5.03. The molecule has 4 N–H and O–H groups in total. The number of rotatable bonds is 5. The summed E-state index contributed by atoms with van der Waals surface area (Å²) >= 11 is 1.38. The first-order valence-electron chi connectivity index (χ1n) is 5.99. The number of hydrogen-bond donors (Lipinski definition) is 3. The van der Waals surface area contributed by atoms with E-state index in [2.05, 4.69) is 16.0 Å². The van der Waals surface area contributed by atoms with Crippen molar-refractivity contribution in [3.05, 3.63) is 11.9 Å². The maximum Gasteiger partial charge on any atom is 0.147 e. The Bertz CT molecular complexity index is 664. The molecular formula is C12H15N5O2S. The first kappa shape index (κ1) is 14.6. The molecule has 0 fully saturated rings. The van der Waals surface area contributed by atoms with Gasteiger partial charge >= 0.3 is 0 Å². The molecule has 2 rings (SSSR count). The Morgan fingerprint density at radius 1 is 1.55 bits per heavy atom. The van der Waals surface area contributed by atoms with Crippen molar-refractivity contribution < 1.29 is 10.2 Å². The van der Waals surface area contributed by atoms with Crippen LogP contribution in [0.2, 0.25) is 0 Å². The topological polar surface area (TPSA) is 121 Å². The van der Waals surface area contributed by atoms with Gasteiger partial charge in [-0.15, -0.1) is 11.8 Å². The molecule has 0 aliphatic heterocycles. The molecule has 7 nitrogen and oxygen atoms in total. The number of anilines is 1. The standard InChI is InChI=1S/C12H15N5O2S/c1-20-12-8(4-13)9-10(14)15-6-16-11(9)17(12)5-7(19)2-3-18/h6-7,18-19H,2-3,5H2,1H3,(H2,14,15,16)/t7-/m0/s1. The van der Waals surface area contributed by atoms with Crippen molar-refractivity contribution in [2.45, 2.75) is 24.1 Å². The fraction of sp³-hybridized carbons (Fsp3) is 0.417. The largest absolute Gasteiger partial charge is 0.396 e. The summed E-state index contributed by atoms with van der Waals surface area (Å²) in [5.74, 6) is 0.247. The molecule has 0 unspecified atom stereocenters. The molecule has 0 radical (unpaired) electrons. The highest BCUT2D eigenvalue weighted by Gasteiger charge is 2.21. The van der Waals surface area contributed by atoms with Crippen LogP contribution in [0.25, 0.3) is 11.0 Å². The number of hydrogen-bond acceptors (Lipinski definition) is 7. The van der Waals surface area contributed by atoms with Crippen LogP contribution in [0.4, 0.5) is 5.82 Å². The zero-order valence-electron chi connectivity index (χ0n) is 10.9. The summed E-state index contributed by atoms with van der Waals surface area (Å²) in [6.07, 6.45) is 2.71. The van der Waals surface area contributed by atoms with Crippen molar-refractivity contribution in [2.24, 2.45) is 0 Å². The van der Waals surface area contributed by atoms with Crippen LogP contribution in [0.3, 0.4) is 0 Å². The number of nitrogens with zero attached hydrogens (tertiary/aromatic N) is 4. The number of thioether (sulfide) groups is 1. The van der Waals surface area contributed by atoms with Crippen LogP contribution in [-0.4, -0.2) is 43.7 Å². The molecule has 8 heteroatoms. The average molecular weight is 293 g/mol. The predicted molar refractivity (Wildman–Crippen MR) is 76.1 cm³/mol.